The van der Waals surface area contributed by atoms with Crippen molar-refractivity contribution in [2.45, 2.75) is 38.1 Å². The summed E-state index contributed by atoms with van der Waals surface area (Å²) in [6.45, 7) is 5.83. The van der Waals surface area contributed by atoms with Crippen molar-refractivity contribution < 1.29 is 4.79 Å². The average molecular weight is 320 g/mol. The van der Waals surface area contributed by atoms with Gasteiger partial charge in [-0.1, -0.05) is 12.2 Å². The van der Waals surface area contributed by atoms with Gasteiger partial charge >= 0.3 is 6.03 Å². The van der Waals surface area contributed by atoms with Crippen LogP contribution < -0.4 is 5.32 Å². The number of hydrogen-bond acceptors (Lipinski definition) is 3. The third-order valence-electron chi connectivity index (χ3n) is 5.98. The summed E-state index contributed by atoms with van der Waals surface area (Å²) in [4.78, 5) is 19.4. The third kappa shape index (κ3) is 4.07. The van der Waals surface area contributed by atoms with Gasteiger partial charge in [-0.3, -0.25) is 4.90 Å². The zero-order chi connectivity index (χ0) is 16.3. The van der Waals surface area contributed by atoms with Crippen LogP contribution in [0.4, 0.5) is 4.79 Å². The SMILES string of the molecule is CN1CCN(C)[C@H](CNC(=O)N2CCC[C@]3(CC=CCC3)C2)C1. The lowest BCUT2D eigenvalue weighted by Gasteiger charge is -2.44. The first-order chi connectivity index (χ1) is 11.1. The Bertz CT molecular complexity index is 452. The second-order valence-electron chi connectivity index (χ2n) is 7.82. The summed E-state index contributed by atoms with van der Waals surface area (Å²) >= 11 is 0. The van der Waals surface area contributed by atoms with Crippen LogP contribution in [0.15, 0.2) is 12.2 Å². The lowest BCUT2D eigenvalue weighted by Crippen LogP contribution is -2.56. The van der Waals surface area contributed by atoms with E-state index in [1.807, 2.05) is 0 Å². The van der Waals surface area contributed by atoms with E-state index in [0.29, 0.717) is 11.5 Å². The van der Waals surface area contributed by atoms with Crippen LogP contribution >= 0.6 is 0 Å². The Kier molecular flexibility index (Phi) is 5.27. The predicted molar refractivity (Wildman–Crippen MR) is 93.5 cm³/mol. The summed E-state index contributed by atoms with van der Waals surface area (Å²) in [5.74, 6) is 0. The number of piperidine rings is 1. The second-order valence-corrected chi connectivity index (χ2v) is 7.82. The van der Waals surface area contributed by atoms with E-state index in [0.717, 1.165) is 52.1 Å². The van der Waals surface area contributed by atoms with Gasteiger partial charge in [0.1, 0.15) is 0 Å². The number of amides is 2. The quantitative estimate of drug-likeness (QED) is 0.788. The molecule has 0 aromatic rings. The molecule has 2 amide bonds. The number of piperazine rings is 1. The third-order valence-corrected chi connectivity index (χ3v) is 5.98. The normalized spacial score (nSPS) is 33.1. The van der Waals surface area contributed by atoms with Gasteiger partial charge in [0.25, 0.3) is 0 Å². The van der Waals surface area contributed by atoms with E-state index in [-0.39, 0.29) is 6.03 Å². The first-order valence-corrected chi connectivity index (χ1v) is 9.15. The van der Waals surface area contributed by atoms with Gasteiger partial charge in [0.15, 0.2) is 0 Å². The van der Waals surface area contributed by atoms with E-state index >= 15 is 0 Å². The van der Waals surface area contributed by atoms with Crippen LogP contribution in [-0.2, 0) is 0 Å². The Morgan fingerprint density at radius 2 is 2.09 bits per heavy atom. The van der Waals surface area contributed by atoms with E-state index in [2.05, 4.69) is 46.3 Å². The molecule has 2 heterocycles. The Balaban J connectivity index is 1.50. The molecule has 0 aromatic heterocycles. The number of allylic oxidation sites excluding steroid dienone is 2. The smallest absolute Gasteiger partial charge is 0.317 e. The monoisotopic (exact) mass is 320 g/mol. The minimum Gasteiger partial charge on any atom is -0.336 e. The highest BCUT2D eigenvalue weighted by molar-refractivity contribution is 5.74. The average Bonchev–Trinajstić information content (AvgIpc) is 2.56. The molecule has 3 aliphatic rings. The number of likely N-dealkylation sites (tertiary alicyclic amines) is 1. The molecule has 130 valence electrons. The van der Waals surface area contributed by atoms with Crippen molar-refractivity contribution in [3.05, 3.63) is 12.2 Å². The van der Waals surface area contributed by atoms with Crippen LogP contribution in [0.5, 0.6) is 0 Å². The van der Waals surface area contributed by atoms with Crippen molar-refractivity contribution in [2.24, 2.45) is 5.41 Å². The Hall–Kier alpha value is -1.07. The molecule has 23 heavy (non-hydrogen) atoms. The molecule has 0 aromatic carbocycles. The summed E-state index contributed by atoms with van der Waals surface area (Å²) in [6.07, 6.45) is 10.6. The molecule has 2 fully saturated rings. The highest BCUT2D eigenvalue weighted by Crippen LogP contribution is 2.40. The van der Waals surface area contributed by atoms with E-state index in [1.165, 1.54) is 19.3 Å². The molecular weight excluding hydrogens is 288 g/mol. The molecule has 0 bridgehead atoms. The van der Waals surface area contributed by atoms with Crippen LogP contribution in [-0.4, -0.2) is 80.1 Å². The minimum absolute atomic E-state index is 0.139. The van der Waals surface area contributed by atoms with Gasteiger partial charge in [0.2, 0.25) is 0 Å². The molecular formula is C18H32N4O. The van der Waals surface area contributed by atoms with Crippen molar-refractivity contribution in [3.63, 3.8) is 0 Å². The number of nitrogens with one attached hydrogen (secondary N) is 1. The van der Waals surface area contributed by atoms with Crippen LogP contribution in [0.1, 0.15) is 32.1 Å². The molecule has 1 aliphatic carbocycles. The van der Waals surface area contributed by atoms with Gasteiger partial charge < -0.3 is 15.1 Å². The molecule has 2 saturated heterocycles. The molecule has 5 nitrogen and oxygen atoms in total. The fourth-order valence-electron chi connectivity index (χ4n) is 4.33. The minimum atomic E-state index is 0.139. The number of carbonyl (C=O) groups excluding carboxylic acids is 1. The number of rotatable bonds is 2. The van der Waals surface area contributed by atoms with Crippen molar-refractivity contribution in [1.82, 2.24) is 20.0 Å². The van der Waals surface area contributed by atoms with Crippen molar-refractivity contribution >= 4 is 6.03 Å². The van der Waals surface area contributed by atoms with Crippen molar-refractivity contribution in [1.29, 1.82) is 0 Å². The summed E-state index contributed by atoms with van der Waals surface area (Å²) in [7, 11) is 4.32. The summed E-state index contributed by atoms with van der Waals surface area (Å²) < 4.78 is 0. The van der Waals surface area contributed by atoms with Gasteiger partial charge in [0, 0.05) is 45.3 Å². The Morgan fingerprint density at radius 1 is 1.22 bits per heavy atom. The fourth-order valence-corrected chi connectivity index (χ4v) is 4.33. The van der Waals surface area contributed by atoms with Crippen LogP contribution in [0.3, 0.4) is 0 Å². The molecule has 3 rings (SSSR count). The summed E-state index contributed by atoms with van der Waals surface area (Å²) in [5, 5.41) is 3.20. The molecule has 5 heteroatoms. The standard InChI is InChI=1S/C18H32N4O/c1-20-11-12-21(2)16(14-20)13-19-17(23)22-10-6-9-18(15-22)7-4-3-5-8-18/h3-4,16H,5-15H2,1-2H3,(H,19,23)/t16-,18-/m1/s1. The molecule has 0 saturated carbocycles. The fraction of sp³-hybridized carbons (Fsp3) is 0.833. The van der Waals surface area contributed by atoms with Crippen molar-refractivity contribution in [2.75, 3.05) is 53.4 Å². The topological polar surface area (TPSA) is 38.8 Å². The highest BCUT2D eigenvalue weighted by Gasteiger charge is 2.37. The number of carbonyl (C=O) groups is 1. The Morgan fingerprint density at radius 3 is 2.87 bits per heavy atom. The molecule has 2 atom stereocenters. The zero-order valence-corrected chi connectivity index (χ0v) is 14.8. The molecule has 2 aliphatic heterocycles. The highest BCUT2D eigenvalue weighted by atomic mass is 16.2. The van der Waals surface area contributed by atoms with E-state index in [4.69, 9.17) is 0 Å². The van der Waals surface area contributed by atoms with Crippen LogP contribution in [0.2, 0.25) is 0 Å². The first-order valence-electron chi connectivity index (χ1n) is 9.15. The molecule has 1 N–H and O–H groups in total. The van der Waals surface area contributed by atoms with Gasteiger partial charge in [-0.05, 0) is 51.6 Å². The van der Waals surface area contributed by atoms with E-state index in [9.17, 15) is 4.79 Å². The van der Waals surface area contributed by atoms with Gasteiger partial charge in [-0.2, -0.15) is 0 Å². The van der Waals surface area contributed by atoms with Gasteiger partial charge in [-0.25, -0.2) is 4.79 Å². The zero-order valence-electron chi connectivity index (χ0n) is 14.8. The van der Waals surface area contributed by atoms with Gasteiger partial charge in [-0.15, -0.1) is 0 Å². The molecule has 0 unspecified atom stereocenters. The maximum atomic E-state index is 12.6. The summed E-state index contributed by atoms with van der Waals surface area (Å²) in [5.41, 5.74) is 0.353. The lowest BCUT2D eigenvalue weighted by molar-refractivity contribution is 0.0893. The Labute approximate surface area is 140 Å². The van der Waals surface area contributed by atoms with Crippen molar-refractivity contribution in [3.8, 4) is 0 Å². The lowest BCUT2D eigenvalue weighted by atomic mass is 9.71. The number of urea groups is 1. The number of hydrogen-bond donors (Lipinski definition) is 1. The number of likely N-dealkylation sites (N-methyl/N-ethyl adjacent to an activating group) is 2. The summed E-state index contributed by atoms with van der Waals surface area (Å²) in [6, 6.07) is 0.564. The van der Waals surface area contributed by atoms with Crippen LogP contribution in [0.25, 0.3) is 0 Å². The second kappa shape index (κ2) is 7.22. The maximum Gasteiger partial charge on any atom is 0.317 e. The largest absolute Gasteiger partial charge is 0.336 e. The van der Waals surface area contributed by atoms with E-state index in [1.54, 1.807) is 0 Å². The predicted octanol–water partition coefficient (Wildman–Crippen LogP) is 1.76. The first kappa shape index (κ1) is 16.8. The number of nitrogens with zero attached hydrogens (tertiary/aromatic N) is 3. The maximum absolute atomic E-state index is 12.6. The molecule has 1 spiro atoms. The van der Waals surface area contributed by atoms with E-state index < -0.39 is 0 Å². The molecule has 0 radical (unpaired) electrons. The van der Waals surface area contributed by atoms with Crippen LogP contribution in [0, 0.1) is 5.41 Å². The van der Waals surface area contributed by atoms with Gasteiger partial charge in [0.05, 0.1) is 0 Å².